The molecule has 0 saturated carbocycles. The van der Waals surface area contributed by atoms with Crippen LogP contribution in [0.5, 0.6) is 0 Å². The zero-order chi connectivity index (χ0) is 14.4. The number of benzene rings is 1. The van der Waals surface area contributed by atoms with Crippen LogP contribution in [0.4, 0.5) is 0 Å². The van der Waals surface area contributed by atoms with Crippen LogP contribution in [0.3, 0.4) is 0 Å². The number of nitrogens with one attached hydrogen (secondary N) is 1. The molecule has 21 heavy (non-hydrogen) atoms. The number of hydrogen-bond acceptors (Lipinski definition) is 4. The number of nitrogens with two attached hydrogens (primary N) is 1. The summed E-state index contributed by atoms with van der Waals surface area (Å²) in [5.41, 5.74) is 7.14. The van der Waals surface area contributed by atoms with Crippen molar-refractivity contribution < 1.29 is 4.79 Å². The Labute approximate surface area is 142 Å². The summed E-state index contributed by atoms with van der Waals surface area (Å²) in [4.78, 5) is 16.2. The van der Waals surface area contributed by atoms with Gasteiger partial charge in [-0.3, -0.25) is 4.79 Å². The Morgan fingerprint density at radius 1 is 1.29 bits per heavy atom. The van der Waals surface area contributed by atoms with Crippen molar-refractivity contribution in [2.75, 3.05) is 13.1 Å². The van der Waals surface area contributed by atoms with Crippen LogP contribution < -0.4 is 11.1 Å². The fraction of sp³-hybridized carbons (Fsp3) is 0.286. The summed E-state index contributed by atoms with van der Waals surface area (Å²) in [5, 5.41) is 5.57. The Morgan fingerprint density at radius 3 is 2.67 bits per heavy atom. The quantitative estimate of drug-likeness (QED) is 0.797. The van der Waals surface area contributed by atoms with Gasteiger partial charge in [0.15, 0.2) is 0 Å². The van der Waals surface area contributed by atoms with Crippen molar-refractivity contribution in [2.24, 2.45) is 5.73 Å². The van der Waals surface area contributed by atoms with Crippen LogP contribution in [0.15, 0.2) is 34.1 Å². The van der Waals surface area contributed by atoms with Crippen LogP contribution in [0, 0.1) is 0 Å². The van der Waals surface area contributed by atoms with Crippen molar-refractivity contribution in [3.63, 3.8) is 0 Å². The number of carbonyl (C=O) groups is 1. The maximum absolute atomic E-state index is 11.9. The van der Waals surface area contributed by atoms with Gasteiger partial charge in [0.25, 0.3) is 5.91 Å². The first-order chi connectivity index (χ1) is 9.69. The molecule has 0 fully saturated rings. The van der Waals surface area contributed by atoms with E-state index in [0.717, 1.165) is 22.3 Å². The molecule has 1 aromatic carbocycles. The summed E-state index contributed by atoms with van der Waals surface area (Å²) >= 11 is 4.87. The fourth-order valence-electron chi connectivity index (χ4n) is 1.72. The summed E-state index contributed by atoms with van der Waals surface area (Å²) in [5.74, 6) is -0.123. The monoisotopic (exact) mass is 389 g/mol. The summed E-state index contributed by atoms with van der Waals surface area (Å²) in [7, 11) is 0. The van der Waals surface area contributed by atoms with Gasteiger partial charge in [0, 0.05) is 22.8 Å². The van der Waals surface area contributed by atoms with E-state index in [1.807, 2.05) is 24.3 Å². The van der Waals surface area contributed by atoms with Gasteiger partial charge in [-0.05, 0) is 30.7 Å². The molecule has 0 aliphatic heterocycles. The molecule has 2 aromatic rings. The highest BCUT2D eigenvalue weighted by Crippen LogP contribution is 2.11. The molecule has 4 nitrogen and oxygen atoms in total. The van der Waals surface area contributed by atoms with Gasteiger partial charge in [-0.15, -0.1) is 23.7 Å². The van der Waals surface area contributed by atoms with Crippen LogP contribution >= 0.6 is 39.7 Å². The predicted octanol–water partition coefficient (Wildman–Crippen LogP) is 2.80. The zero-order valence-corrected chi connectivity index (χ0v) is 14.6. The highest BCUT2D eigenvalue weighted by atomic mass is 79.9. The van der Waals surface area contributed by atoms with Crippen LogP contribution in [-0.4, -0.2) is 24.0 Å². The average Bonchev–Trinajstić information content (AvgIpc) is 2.90. The number of aromatic nitrogens is 1. The first kappa shape index (κ1) is 18.1. The third-order valence-electron chi connectivity index (χ3n) is 2.76. The molecule has 0 atom stereocenters. The lowest BCUT2D eigenvalue weighted by molar-refractivity contribution is 0.0949. The van der Waals surface area contributed by atoms with E-state index in [1.165, 1.54) is 16.9 Å². The molecular formula is C14H17BrClN3OS. The van der Waals surface area contributed by atoms with E-state index in [2.05, 4.69) is 26.2 Å². The molecule has 0 aliphatic carbocycles. The summed E-state index contributed by atoms with van der Waals surface area (Å²) in [6.07, 6.45) is 1.52. The number of amides is 1. The van der Waals surface area contributed by atoms with Crippen molar-refractivity contribution in [3.8, 4) is 0 Å². The van der Waals surface area contributed by atoms with Crippen LogP contribution in [0.25, 0.3) is 0 Å². The van der Waals surface area contributed by atoms with Gasteiger partial charge in [-0.1, -0.05) is 28.1 Å². The SMILES string of the molecule is Cl.NCCc1nc(C(=O)NCCc2ccc(Br)cc2)cs1. The lowest BCUT2D eigenvalue weighted by Gasteiger charge is -2.03. The first-order valence-corrected chi connectivity index (χ1v) is 8.03. The zero-order valence-electron chi connectivity index (χ0n) is 11.3. The Morgan fingerprint density at radius 2 is 2.00 bits per heavy atom. The van der Waals surface area contributed by atoms with Crippen molar-refractivity contribution in [3.05, 3.63) is 50.4 Å². The van der Waals surface area contributed by atoms with E-state index >= 15 is 0 Å². The van der Waals surface area contributed by atoms with E-state index in [1.54, 1.807) is 5.38 Å². The Bertz CT molecular complexity index is 574. The number of thiazole rings is 1. The number of hydrogen-bond donors (Lipinski definition) is 2. The minimum absolute atomic E-state index is 0. The molecule has 0 radical (unpaired) electrons. The second-order valence-corrected chi connectivity index (χ2v) is 6.16. The molecule has 1 heterocycles. The Kier molecular flexibility index (Phi) is 7.88. The van der Waals surface area contributed by atoms with E-state index in [4.69, 9.17) is 5.73 Å². The molecular weight excluding hydrogens is 374 g/mol. The normalized spacial score (nSPS) is 10.0. The summed E-state index contributed by atoms with van der Waals surface area (Å²) in [6.45, 7) is 1.16. The second-order valence-electron chi connectivity index (χ2n) is 4.30. The van der Waals surface area contributed by atoms with Gasteiger partial charge >= 0.3 is 0 Å². The van der Waals surface area contributed by atoms with E-state index in [9.17, 15) is 4.79 Å². The van der Waals surface area contributed by atoms with Gasteiger partial charge in [0.1, 0.15) is 5.69 Å². The molecule has 0 saturated heterocycles. The molecule has 3 N–H and O–H groups in total. The molecule has 7 heteroatoms. The highest BCUT2D eigenvalue weighted by Gasteiger charge is 2.09. The smallest absolute Gasteiger partial charge is 0.270 e. The Hall–Kier alpha value is -0.950. The van der Waals surface area contributed by atoms with Gasteiger partial charge in [-0.2, -0.15) is 0 Å². The highest BCUT2D eigenvalue weighted by molar-refractivity contribution is 9.10. The third-order valence-corrected chi connectivity index (χ3v) is 4.19. The number of rotatable bonds is 6. The van der Waals surface area contributed by atoms with Crippen LogP contribution in [-0.2, 0) is 12.8 Å². The van der Waals surface area contributed by atoms with Gasteiger partial charge < -0.3 is 11.1 Å². The van der Waals surface area contributed by atoms with Crippen LogP contribution in [0.2, 0.25) is 0 Å². The molecule has 0 bridgehead atoms. The topological polar surface area (TPSA) is 68.0 Å². The summed E-state index contributed by atoms with van der Waals surface area (Å²) < 4.78 is 1.06. The largest absolute Gasteiger partial charge is 0.350 e. The second kappa shape index (κ2) is 9.15. The minimum Gasteiger partial charge on any atom is -0.350 e. The molecule has 114 valence electrons. The number of nitrogens with zero attached hydrogens (tertiary/aromatic N) is 1. The fourth-order valence-corrected chi connectivity index (χ4v) is 2.77. The lowest BCUT2D eigenvalue weighted by Crippen LogP contribution is -2.26. The molecule has 0 spiro atoms. The standard InChI is InChI=1S/C14H16BrN3OS.ClH/c15-11-3-1-10(2-4-11)6-8-17-14(19)12-9-20-13(18-12)5-7-16;/h1-4,9H,5-8,16H2,(H,17,19);1H. The van der Waals surface area contributed by atoms with Gasteiger partial charge in [0.05, 0.1) is 5.01 Å². The molecule has 1 amide bonds. The van der Waals surface area contributed by atoms with Crippen LogP contribution in [0.1, 0.15) is 21.1 Å². The summed E-state index contributed by atoms with van der Waals surface area (Å²) in [6, 6.07) is 8.07. The van der Waals surface area contributed by atoms with Gasteiger partial charge in [-0.25, -0.2) is 4.98 Å². The first-order valence-electron chi connectivity index (χ1n) is 6.36. The number of halogens is 2. The predicted molar refractivity (Wildman–Crippen MR) is 92.3 cm³/mol. The molecule has 1 aromatic heterocycles. The molecule has 0 unspecified atom stereocenters. The average molecular weight is 391 g/mol. The van der Waals surface area contributed by atoms with E-state index in [-0.39, 0.29) is 18.3 Å². The molecule has 0 aliphatic rings. The molecule has 2 rings (SSSR count). The maximum Gasteiger partial charge on any atom is 0.270 e. The Balaban J connectivity index is 0.00000220. The van der Waals surface area contributed by atoms with Crippen molar-refractivity contribution >= 4 is 45.6 Å². The van der Waals surface area contributed by atoms with Crippen molar-refractivity contribution in [1.29, 1.82) is 0 Å². The van der Waals surface area contributed by atoms with E-state index in [0.29, 0.717) is 18.8 Å². The van der Waals surface area contributed by atoms with Gasteiger partial charge in [0.2, 0.25) is 0 Å². The third kappa shape index (κ3) is 5.74. The van der Waals surface area contributed by atoms with E-state index < -0.39 is 0 Å². The minimum atomic E-state index is -0.123. The number of carbonyl (C=O) groups excluding carboxylic acids is 1. The van der Waals surface area contributed by atoms with Crippen molar-refractivity contribution in [2.45, 2.75) is 12.8 Å². The van der Waals surface area contributed by atoms with Crippen molar-refractivity contribution in [1.82, 2.24) is 10.3 Å². The lowest BCUT2D eigenvalue weighted by atomic mass is 10.1. The maximum atomic E-state index is 11.9.